The largest absolute Gasteiger partial charge is 0.330 e. The Morgan fingerprint density at radius 3 is 2.63 bits per heavy atom. The number of nitrogens with two attached hydrogens (primary N) is 2. The number of unbranched alkanes of at least 4 members (excludes halogenated alkanes) is 2. The topological polar surface area (TPSA) is 123 Å². The first-order valence-electron chi connectivity index (χ1n) is 12.2. The number of rotatable bonds is 12. The summed E-state index contributed by atoms with van der Waals surface area (Å²) in [5, 5.41) is 3.35. The number of carbonyl (C=O) groups excluding carboxylic acids is 1. The van der Waals surface area contributed by atoms with Gasteiger partial charge < -0.3 is 15.9 Å². The molecule has 0 atom stereocenters. The Balaban J connectivity index is 1.68. The molecule has 0 saturated carbocycles. The van der Waals surface area contributed by atoms with Gasteiger partial charge in [-0.2, -0.15) is 0 Å². The number of hydrogen-bond acceptors (Lipinski definition) is 7. The number of hydrogen-bond donors (Lipinski definition) is 4. The Morgan fingerprint density at radius 2 is 1.83 bits per heavy atom. The Labute approximate surface area is 210 Å². The normalized spacial score (nSPS) is 12.0. The van der Waals surface area contributed by atoms with Crippen molar-refractivity contribution in [1.82, 2.24) is 25.2 Å². The van der Waals surface area contributed by atoms with E-state index < -0.39 is 5.41 Å². The van der Waals surface area contributed by atoms with Crippen LogP contribution >= 0.6 is 11.3 Å². The van der Waals surface area contributed by atoms with Crippen molar-refractivity contribution in [3.05, 3.63) is 53.4 Å². The van der Waals surface area contributed by atoms with Gasteiger partial charge in [-0.1, -0.05) is 18.2 Å². The predicted octanol–water partition coefficient (Wildman–Crippen LogP) is 3.53. The van der Waals surface area contributed by atoms with Crippen LogP contribution in [0.15, 0.2) is 42.0 Å². The smallest absolute Gasteiger partial charge is 0.245 e. The molecule has 3 aromatic heterocycles. The highest BCUT2D eigenvalue weighted by Crippen LogP contribution is 2.34. The van der Waals surface area contributed by atoms with Crippen LogP contribution in [0.2, 0.25) is 0 Å². The fourth-order valence-electron chi connectivity index (χ4n) is 4.05. The van der Waals surface area contributed by atoms with Crippen molar-refractivity contribution < 1.29 is 4.79 Å². The molecular weight excluding hydrogens is 458 g/mol. The maximum Gasteiger partial charge on any atom is 0.245 e. The first-order valence-corrected chi connectivity index (χ1v) is 13.1. The van der Waals surface area contributed by atoms with E-state index in [1.807, 2.05) is 30.6 Å². The number of aryl methyl sites for hydroxylation is 1. The zero-order chi connectivity index (χ0) is 24.8. The van der Waals surface area contributed by atoms with Gasteiger partial charge in [0.25, 0.3) is 0 Å². The van der Waals surface area contributed by atoms with Crippen LogP contribution in [0.1, 0.15) is 50.9 Å². The van der Waals surface area contributed by atoms with Crippen molar-refractivity contribution in [1.29, 1.82) is 0 Å². The summed E-state index contributed by atoms with van der Waals surface area (Å²) in [4.78, 5) is 22.9. The van der Waals surface area contributed by atoms with Crippen LogP contribution in [0, 0.1) is 0 Å². The Kier molecular flexibility index (Phi) is 8.12. The van der Waals surface area contributed by atoms with E-state index in [0.717, 1.165) is 54.7 Å². The highest BCUT2D eigenvalue weighted by atomic mass is 32.1. The van der Waals surface area contributed by atoms with Crippen molar-refractivity contribution >= 4 is 33.0 Å². The molecule has 1 amide bonds. The fraction of sp³-hybridized carbons (Fsp3) is 0.423. The molecule has 0 bridgehead atoms. The zero-order valence-corrected chi connectivity index (χ0v) is 21.3. The number of amides is 1. The summed E-state index contributed by atoms with van der Waals surface area (Å²) < 4.78 is 3.25. The lowest BCUT2D eigenvalue weighted by atomic mass is 9.89. The van der Waals surface area contributed by atoms with E-state index in [1.54, 1.807) is 11.3 Å². The van der Waals surface area contributed by atoms with Crippen molar-refractivity contribution in [2.45, 2.75) is 51.4 Å². The van der Waals surface area contributed by atoms with Crippen LogP contribution in [0.3, 0.4) is 0 Å². The number of benzene rings is 1. The number of nitrogens with one attached hydrogen (secondary N) is 2. The lowest BCUT2D eigenvalue weighted by Gasteiger charge is -2.21. The molecule has 8 nitrogen and oxygen atoms in total. The van der Waals surface area contributed by atoms with Crippen molar-refractivity contribution in [2.24, 2.45) is 11.5 Å². The number of hydrazine groups is 1. The first-order chi connectivity index (χ1) is 17.0. The molecule has 0 spiro atoms. The Hall–Kier alpha value is -2.85. The van der Waals surface area contributed by atoms with E-state index in [0.29, 0.717) is 25.3 Å². The maximum atomic E-state index is 13.0. The zero-order valence-electron chi connectivity index (χ0n) is 20.5. The molecule has 0 fully saturated rings. The summed E-state index contributed by atoms with van der Waals surface area (Å²) in [7, 11) is 0. The minimum atomic E-state index is -0.823. The molecule has 0 unspecified atom stereocenters. The number of imidazole rings is 1. The van der Waals surface area contributed by atoms with Gasteiger partial charge in [-0.25, -0.2) is 15.4 Å². The number of thiophene rings is 1. The van der Waals surface area contributed by atoms with Crippen molar-refractivity contribution in [3.8, 4) is 11.3 Å². The number of carbonyl (C=O) groups is 1. The standard InChI is InChI=1S/C26H35N7OS/c1-26(2,25(34)32-29-14-8-7-13-28)23-16-33-15-21(19-17-35-22-11-4-3-9-18(19)22)30-20(24(33)31-23)10-5-6-12-27/h3-4,9,11,15-17,29H,5-8,10,12-14,27-28H2,1-2H3,(H,32,34). The molecule has 1 aromatic carbocycles. The second kappa shape index (κ2) is 11.3. The summed E-state index contributed by atoms with van der Waals surface area (Å²) in [6.45, 7) is 5.75. The molecule has 4 rings (SSSR count). The third-order valence-electron chi connectivity index (χ3n) is 6.30. The van der Waals surface area contributed by atoms with Crippen molar-refractivity contribution in [2.75, 3.05) is 19.6 Å². The third kappa shape index (κ3) is 5.54. The van der Waals surface area contributed by atoms with E-state index in [4.69, 9.17) is 21.4 Å². The number of fused-ring (bicyclic) bond motifs is 2. The molecule has 4 aromatic rings. The molecule has 0 aliphatic heterocycles. The molecule has 0 saturated heterocycles. The van der Waals surface area contributed by atoms with E-state index >= 15 is 0 Å². The Morgan fingerprint density at radius 1 is 1.06 bits per heavy atom. The van der Waals surface area contributed by atoms with Crippen LogP contribution in [-0.4, -0.2) is 39.9 Å². The minimum absolute atomic E-state index is 0.129. The van der Waals surface area contributed by atoms with Crippen LogP contribution in [0.5, 0.6) is 0 Å². The molecule has 0 aliphatic carbocycles. The van der Waals surface area contributed by atoms with Gasteiger partial charge in [-0.15, -0.1) is 11.3 Å². The van der Waals surface area contributed by atoms with Crippen LogP contribution in [0.25, 0.3) is 27.0 Å². The van der Waals surface area contributed by atoms with E-state index in [-0.39, 0.29) is 5.91 Å². The summed E-state index contributed by atoms with van der Waals surface area (Å²) in [6, 6.07) is 8.37. The first kappa shape index (κ1) is 25.2. The molecule has 9 heteroatoms. The molecule has 0 aliphatic rings. The van der Waals surface area contributed by atoms with Gasteiger partial charge in [0, 0.05) is 40.0 Å². The second-order valence-corrected chi connectivity index (χ2v) is 10.2. The van der Waals surface area contributed by atoms with Gasteiger partial charge in [0.2, 0.25) is 5.91 Å². The molecule has 0 radical (unpaired) electrons. The summed E-state index contributed by atoms with van der Waals surface area (Å²) in [5.74, 6) is -0.129. The molecular formula is C26H35N7OS. The van der Waals surface area contributed by atoms with Crippen LogP contribution in [-0.2, 0) is 16.6 Å². The predicted molar refractivity (Wildman–Crippen MR) is 143 cm³/mol. The molecule has 6 N–H and O–H groups in total. The SMILES string of the molecule is CC(C)(C(=O)NNCCCCN)c1cn2cc(-c3csc4ccccc34)nc(CCCCN)c2n1. The molecule has 35 heavy (non-hydrogen) atoms. The summed E-state index contributed by atoms with van der Waals surface area (Å²) in [6.07, 6.45) is 8.44. The number of aromatic nitrogens is 3. The van der Waals surface area contributed by atoms with E-state index in [1.165, 1.54) is 10.1 Å². The average Bonchev–Trinajstić information content (AvgIpc) is 3.49. The molecule has 186 valence electrons. The summed E-state index contributed by atoms with van der Waals surface area (Å²) >= 11 is 1.72. The molecule has 3 heterocycles. The lowest BCUT2D eigenvalue weighted by Crippen LogP contribution is -2.47. The lowest BCUT2D eigenvalue weighted by molar-refractivity contribution is -0.126. The highest BCUT2D eigenvalue weighted by molar-refractivity contribution is 7.17. The fourth-order valence-corrected chi connectivity index (χ4v) is 5.00. The second-order valence-electron chi connectivity index (χ2n) is 9.32. The number of nitrogens with zero attached hydrogens (tertiary/aromatic N) is 3. The van der Waals surface area contributed by atoms with Gasteiger partial charge in [0.05, 0.1) is 22.5 Å². The van der Waals surface area contributed by atoms with Gasteiger partial charge >= 0.3 is 0 Å². The maximum absolute atomic E-state index is 13.0. The van der Waals surface area contributed by atoms with Crippen LogP contribution in [0.4, 0.5) is 0 Å². The van der Waals surface area contributed by atoms with E-state index in [9.17, 15) is 4.79 Å². The van der Waals surface area contributed by atoms with Crippen LogP contribution < -0.4 is 22.3 Å². The summed E-state index contributed by atoms with van der Waals surface area (Å²) in [5.41, 5.74) is 20.7. The third-order valence-corrected chi connectivity index (χ3v) is 7.26. The van der Waals surface area contributed by atoms with Gasteiger partial charge in [0.15, 0.2) is 5.65 Å². The quantitative estimate of drug-likeness (QED) is 0.177. The van der Waals surface area contributed by atoms with Gasteiger partial charge in [-0.05, 0) is 65.1 Å². The highest BCUT2D eigenvalue weighted by Gasteiger charge is 2.33. The Bertz CT molecular complexity index is 1290. The monoisotopic (exact) mass is 493 g/mol. The minimum Gasteiger partial charge on any atom is -0.330 e. The average molecular weight is 494 g/mol. The van der Waals surface area contributed by atoms with E-state index in [2.05, 4.69) is 40.5 Å². The van der Waals surface area contributed by atoms with Gasteiger partial charge in [0.1, 0.15) is 0 Å². The van der Waals surface area contributed by atoms with Crippen molar-refractivity contribution in [3.63, 3.8) is 0 Å². The van der Waals surface area contributed by atoms with Gasteiger partial charge in [-0.3, -0.25) is 10.2 Å².